The summed E-state index contributed by atoms with van der Waals surface area (Å²) in [6, 6.07) is 6.65. The highest BCUT2D eigenvalue weighted by Crippen LogP contribution is 2.24. The van der Waals surface area contributed by atoms with Gasteiger partial charge in [-0.05, 0) is 48.9 Å². The zero-order valence-corrected chi connectivity index (χ0v) is 16.4. The number of imidazole rings is 1. The van der Waals surface area contributed by atoms with E-state index >= 15 is 0 Å². The standard InChI is InChI=1S/C22H25FN4O/c1-15(2)11-17-14-24-22-25-20(7-10-27(17)22)18-12-16(5-6-19(18)23)13-21(28)26-8-3-4-9-26/h5-7,10,12,14-15H,3-4,8-9,11,13H2,1-2H3. The van der Waals surface area contributed by atoms with Crippen LogP contribution in [-0.4, -0.2) is 38.3 Å². The van der Waals surface area contributed by atoms with Crippen LogP contribution in [0.2, 0.25) is 0 Å². The number of hydrogen-bond acceptors (Lipinski definition) is 3. The number of halogens is 1. The minimum absolute atomic E-state index is 0.102. The Hall–Kier alpha value is -2.76. The van der Waals surface area contributed by atoms with Gasteiger partial charge in [0.2, 0.25) is 11.7 Å². The molecular formula is C22H25FN4O. The van der Waals surface area contributed by atoms with Crippen molar-refractivity contribution in [3.8, 4) is 11.3 Å². The molecule has 0 atom stereocenters. The number of fused-ring (bicyclic) bond motifs is 1. The molecule has 0 spiro atoms. The van der Waals surface area contributed by atoms with E-state index in [1.807, 2.05) is 27.8 Å². The third-order valence-electron chi connectivity index (χ3n) is 5.19. The van der Waals surface area contributed by atoms with Crippen molar-refractivity contribution in [2.45, 2.75) is 39.5 Å². The lowest BCUT2D eigenvalue weighted by molar-refractivity contribution is -0.129. The third-order valence-corrected chi connectivity index (χ3v) is 5.19. The van der Waals surface area contributed by atoms with Crippen LogP contribution in [0.3, 0.4) is 0 Å². The maximum Gasteiger partial charge on any atom is 0.234 e. The summed E-state index contributed by atoms with van der Waals surface area (Å²) in [7, 11) is 0. The van der Waals surface area contributed by atoms with Gasteiger partial charge in [0.05, 0.1) is 18.3 Å². The summed E-state index contributed by atoms with van der Waals surface area (Å²) in [5.41, 5.74) is 2.83. The van der Waals surface area contributed by atoms with Gasteiger partial charge < -0.3 is 4.90 Å². The summed E-state index contributed by atoms with van der Waals surface area (Å²) in [6.07, 6.45) is 7.04. The first kappa shape index (κ1) is 18.6. The van der Waals surface area contributed by atoms with Crippen molar-refractivity contribution < 1.29 is 9.18 Å². The molecule has 28 heavy (non-hydrogen) atoms. The Kier molecular flexibility index (Phi) is 5.11. The normalized spacial score (nSPS) is 14.4. The molecule has 3 heterocycles. The van der Waals surface area contributed by atoms with Crippen LogP contribution >= 0.6 is 0 Å². The first-order chi connectivity index (χ1) is 13.5. The van der Waals surface area contributed by atoms with Crippen molar-refractivity contribution in [3.63, 3.8) is 0 Å². The zero-order valence-electron chi connectivity index (χ0n) is 16.4. The van der Waals surface area contributed by atoms with Gasteiger partial charge in [0.25, 0.3) is 0 Å². The van der Waals surface area contributed by atoms with Crippen LogP contribution in [0, 0.1) is 11.7 Å². The first-order valence-corrected chi connectivity index (χ1v) is 9.91. The molecule has 2 aromatic heterocycles. The van der Waals surface area contributed by atoms with Crippen molar-refractivity contribution in [2.75, 3.05) is 13.1 Å². The molecule has 0 saturated carbocycles. The van der Waals surface area contributed by atoms with Crippen molar-refractivity contribution in [3.05, 3.63) is 53.7 Å². The Labute approximate surface area is 164 Å². The van der Waals surface area contributed by atoms with Gasteiger partial charge >= 0.3 is 0 Å². The highest BCUT2D eigenvalue weighted by Gasteiger charge is 2.19. The van der Waals surface area contributed by atoms with E-state index in [9.17, 15) is 9.18 Å². The molecule has 1 amide bonds. The van der Waals surface area contributed by atoms with Gasteiger partial charge in [-0.2, -0.15) is 0 Å². The Balaban J connectivity index is 1.62. The van der Waals surface area contributed by atoms with E-state index in [0.717, 1.165) is 43.6 Å². The maximum atomic E-state index is 14.5. The average molecular weight is 380 g/mol. The van der Waals surface area contributed by atoms with Crippen LogP contribution in [0.1, 0.15) is 37.9 Å². The van der Waals surface area contributed by atoms with Crippen LogP contribution in [-0.2, 0) is 17.6 Å². The second kappa shape index (κ2) is 7.70. The smallest absolute Gasteiger partial charge is 0.234 e. The number of likely N-dealkylation sites (tertiary alicyclic amines) is 1. The Morgan fingerprint density at radius 2 is 2.00 bits per heavy atom. The molecule has 1 aliphatic heterocycles. The summed E-state index contributed by atoms with van der Waals surface area (Å²) in [5.74, 6) is 0.834. The lowest BCUT2D eigenvalue weighted by Crippen LogP contribution is -2.29. The second-order valence-corrected chi connectivity index (χ2v) is 7.91. The monoisotopic (exact) mass is 380 g/mol. The van der Waals surface area contributed by atoms with Crippen LogP contribution in [0.15, 0.2) is 36.7 Å². The first-order valence-electron chi connectivity index (χ1n) is 9.91. The maximum absolute atomic E-state index is 14.5. The largest absolute Gasteiger partial charge is 0.342 e. The van der Waals surface area contributed by atoms with Gasteiger partial charge in [-0.1, -0.05) is 19.9 Å². The van der Waals surface area contributed by atoms with Crippen molar-refractivity contribution >= 4 is 11.7 Å². The fraction of sp³-hybridized carbons (Fsp3) is 0.409. The Bertz CT molecular complexity index is 1000. The van der Waals surface area contributed by atoms with Crippen molar-refractivity contribution in [2.24, 2.45) is 5.92 Å². The number of aromatic nitrogens is 3. The Morgan fingerprint density at radius 1 is 1.21 bits per heavy atom. The molecule has 6 heteroatoms. The van der Waals surface area contributed by atoms with Gasteiger partial charge in [0.1, 0.15) is 5.82 Å². The molecule has 3 aromatic rings. The van der Waals surface area contributed by atoms with Gasteiger partial charge in [0.15, 0.2) is 0 Å². The van der Waals surface area contributed by atoms with E-state index < -0.39 is 0 Å². The minimum Gasteiger partial charge on any atom is -0.342 e. The van der Waals surface area contributed by atoms with E-state index in [0.29, 0.717) is 23.0 Å². The molecular weight excluding hydrogens is 355 g/mol. The van der Waals surface area contributed by atoms with Gasteiger partial charge in [0, 0.05) is 30.5 Å². The van der Waals surface area contributed by atoms with E-state index in [2.05, 4.69) is 23.8 Å². The van der Waals surface area contributed by atoms with Gasteiger partial charge in [-0.15, -0.1) is 0 Å². The Morgan fingerprint density at radius 3 is 2.75 bits per heavy atom. The number of benzene rings is 1. The lowest BCUT2D eigenvalue weighted by Gasteiger charge is -2.15. The van der Waals surface area contributed by atoms with E-state index in [-0.39, 0.29) is 18.1 Å². The second-order valence-electron chi connectivity index (χ2n) is 7.91. The van der Waals surface area contributed by atoms with E-state index in [1.165, 1.54) is 6.07 Å². The molecule has 0 N–H and O–H groups in total. The van der Waals surface area contributed by atoms with Gasteiger partial charge in [-0.25, -0.2) is 14.4 Å². The number of rotatable bonds is 5. The average Bonchev–Trinajstić information content (AvgIpc) is 3.33. The third kappa shape index (κ3) is 3.77. The molecule has 1 saturated heterocycles. The topological polar surface area (TPSA) is 50.5 Å². The van der Waals surface area contributed by atoms with Crippen molar-refractivity contribution in [1.29, 1.82) is 0 Å². The minimum atomic E-state index is -0.344. The quantitative estimate of drug-likeness (QED) is 0.675. The predicted octanol–water partition coefficient (Wildman–Crippen LogP) is 3.90. The number of nitrogens with zero attached hydrogens (tertiary/aromatic N) is 4. The summed E-state index contributed by atoms with van der Waals surface area (Å²) < 4.78 is 16.5. The fourth-order valence-electron chi connectivity index (χ4n) is 3.77. The molecule has 5 nitrogen and oxygen atoms in total. The summed E-state index contributed by atoms with van der Waals surface area (Å²) in [4.78, 5) is 23.2. The highest BCUT2D eigenvalue weighted by molar-refractivity contribution is 5.79. The van der Waals surface area contributed by atoms with Crippen LogP contribution in [0.5, 0.6) is 0 Å². The molecule has 0 unspecified atom stereocenters. The number of carbonyl (C=O) groups excluding carboxylic acids is 1. The molecule has 0 radical (unpaired) electrons. The van der Waals surface area contributed by atoms with E-state index in [4.69, 9.17) is 0 Å². The molecule has 0 aliphatic carbocycles. The number of amides is 1. The molecule has 0 bridgehead atoms. The summed E-state index contributed by atoms with van der Waals surface area (Å²) in [6.45, 7) is 5.96. The van der Waals surface area contributed by atoms with Crippen LogP contribution in [0.25, 0.3) is 17.0 Å². The van der Waals surface area contributed by atoms with E-state index in [1.54, 1.807) is 12.1 Å². The van der Waals surface area contributed by atoms with Crippen LogP contribution in [0.4, 0.5) is 4.39 Å². The summed E-state index contributed by atoms with van der Waals surface area (Å²) >= 11 is 0. The molecule has 1 fully saturated rings. The molecule has 1 aromatic carbocycles. The fourth-order valence-corrected chi connectivity index (χ4v) is 3.77. The van der Waals surface area contributed by atoms with Crippen LogP contribution < -0.4 is 0 Å². The predicted molar refractivity (Wildman–Crippen MR) is 106 cm³/mol. The lowest BCUT2D eigenvalue weighted by atomic mass is 10.0. The molecule has 146 valence electrons. The summed E-state index contributed by atoms with van der Waals surface area (Å²) in [5, 5.41) is 0. The number of carbonyl (C=O) groups is 1. The number of hydrogen-bond donors (Lipinski definition) is 0. The zero-order chi connectivity index (χ0) is 19.7. The SMILES string of the molecule is CC(C)Cc1cnc2nc(-c3cc(CC(=O)N4CCCC4)ccc3F)ccn12. The van der Waals surface area contributed by atoms with Gasteiger partial charge in [-0.3, -0.25) is 9.20 Å². The molecule has 1 aliphatic rings. The van der Waals surface area contributed by atoms with Crippen molar-refractivity contribution in [1.82, 2.24) is 19.3 Å². The highest BCUT2D eigenvalue weighted by atomic mass is 19.1. The molecule has 4 rings (SSSR count).